The smallest absolute Gasteiger partial charge is 0.0561 e. The third kappa shape index (κ3) is 5.01. The fraction of sp³-hybridized carbons (Fsp3) is 0.213. The first-order chi connectivity index (χ1) is 30.2. The Labute approximate surface area is 372 Å². The number of hydrogen-bond donors (Lipinski definition) is 0. The van der Waals surface area contributed by atoms with E-state index in [0.717, 1.165) is 11.4 Å². The van der Waals surface area contributed by atoms with Crippen LogP contribution in [0.4, 0.5) is 17.1 Å². The molecule has 0 saturated carbocycles. The van der Waals surface area contributed by atoms with Crippen molar-refractivity contribution in [1.29, 1.82) is 0 Å². The van der Waals surface area contributed by atoms with Gasteiger partial charge in [-0.05, 0) is 120 Å². The van der Waals surface area contributed by atoms with Crippen molar-refractivity contribution in [1.82, 2.24) is 4.57 Å². The number of hydrogen-bond acceptors (Lipinski definition) is 1. The number of fused-ring (bicyclic) bond motifs is 12. The van der Waals surface area contributed by atoms with Crippen molar-refractivity contribution in [2.45, 2.75) is 84.0 Å². The molecule has 3 aliphatic carbocycles. The second-order valence-electron chi connectivity index (χ2n) is 20.9. The molecule has 0 spiro atoms. The van der Waals surface area contributed by atoms with Crippen LogP contribution in [0, 0.1) is 0 Å². The van der Waals surface area contributed by atoms with Crippen molar-refractivity contribution in [2.24, 2.45) is 0 Å². The van der Waals surface area contributed by atoms with E-state index in [4.69, 9.17) is 0 Å². The van der Waals surface area contributed by atoms with Gasteiger partial charge in [0.25, 0.3) is 0 Å². The Kier molecular flexibility index (Phi) is 7.69. The molecule has 2 nitrogen and oxygen atoms in total. The Morgan fingerprint density at radius 2 is 0.889 bits per heavy atom. The van der Waals surface area contributed by atoms with Crippen LogP contribution in [-0.4, -0.2) is 4.57 Å². The van der Waals surface area contributed by atoms with Gasteiger partial charge in [0, 0.05) is 44.1 Å². The zero-order chi connectivity index (χ0) is 43.4. The van der Waals surface area contributed by atoms with Crippen LogP contribution in [0.3, 0.4) is 0 Å². The van der Waals surface area contributed by atoms with Gasteiger partial charge < -0.3 is 9.47 Å². The van der Waals surface area contributed by atoms with Gasteiger partial charge in [-0.1, -0.05) is 184 Å². The maximum Gasteiger partial charge on any atom is 0.0561 e. The summed E-state index contributed by atoms with van der Waals surface area (Å²) in [7, 11) is 0. The molecular weight excluding hydrogens is 761 g/mol. The van der Waals surface area contributed by atoms with E-state index in [0.29, 0.717) is 0 Å². The summed E-state index contributed by atoms with van der Waals surface area (Å²) in [6.45, 7) is 22.0. The van der Waals surface area contributed by atoms with E-state index in [9.17, 15) is 0 Å². The highest BCUT2D eigenvalue weighted by molar-refractivity contribution is 6.11. The SMILES string of the molecule is CC(C)(C)c1c2c(c(N(c3ccc4c(c3)-c3ccccc3C4(C)C)c3ccc4c5ccccc5n(-c5ccccc5)c4c3)c3c1-c1ccccc1C3(C)C)C(C)(C)c1ccccc1-2. The molecule has 308 valence electrons. The molecule has 0 aliphatic heterocycles. The number of aromatic nitrogens is 1. The van der Waals surface area contributed by atoms with Crippen LogP contribution in [-0.2, 0) is 21.7 Å². The summed E-state index contributed by atoms with van der Waals surface area (Å²) in [6, 6.07) is 62.0. The average Bonchev–Trinajstić information content (AvgIpc) is 3.90. The lowest BCUT2D eigenvalue weighted by Crippen LogP contribution is -2.28. The van der Waals surface area contributed by atoms with Gasteiger partial charge in [0.2, 0.25) is 0 Å². The van der Waals surface area contributed by atoms with Crippen LogP contribution < -0.4 is 4.90 Å². The summed E-state index contributed by atoms with van der Waals surface area (Å²) in [6.07, 6.45) is 0. The normalized spacial score (nSPS) is 15.8. The summed E-state index contributed by atoms with van der Waals surface area (Å²) >= 11 is 0. The van der Waals surface area contributed by atoms with E-state index >= 15 is 0 Å². The number of benzene rings is 8. The zero-order valence-corrected chi connectivity index (χ0v) is 38.0. The number of para-hydroxylation sites is 2. The second-order valence-corrected chi connectivity index (χ2v) is 20.9. The molecule has 9 aromatic rings. The van der Waals surface area contributed by atoms with Crippen molar-refractivity contribution in [3.63, 3.8) is 0 Å². The molecule has 8 aromatic carbocycles. The quantitative estimate of drug-likeness (QED) is 0.172. The second kappa shape index (κ2) is 12.7. The molecule has 3 aliphatic rings. The lowest BCUT2D eigenvalue weighted by atomic mass is 9.70. The van der Waals surface area contributed by atoms with Gasteiger partial charge in [-0.25, -0.2) is 0 Å². The van der Waals surface area contributed by atoms with Crippen LogP contribution in [0.15, 0.2) is 164 Å². The maximum absolute atomic E-state index is 2.69. The van der Waals surface area contributed by atoms with E-state index in [1.54, 1.807) is 0 Å². The third-order valence-electron chi connectivity index (χ3n) is 15.2. The fourth-order valence-corrected chi connectivity index (χ4v) is 12.4. The molecule has 2 heteroatoms. The molecule has 1 heterocycles. The van der Waals surface area contributed by atoms with Crippen molar-refractivity contribution in [3.05, 3.63) is 203 Å². The van der Waals surface area contributed by atoms with Gasteiger partial charge in [-0.2, -0.15) is 0 Å². The van der Waals surface area contributed by atoms with Crippen LogP contribution in [0.5, 0.6) is 0 Å². The first kappa shape index (κ1) is 38.1. The minimum absolute atomic E-state index is 0.102. The molecule has 0 saturated heterocycles. The molecule has 0 amide bonds. The Morgan fingerprint density at radius 1 is 0.413 bits per heavy atom. The van der Waals surface area contributed by atoms with Crippen LogP contribution in [0.2, 0.25) is 0 Å². The average molecular weight is 815 g/mol. The van der Waals surface area contributed by atoms with Crippen LogP contribution in [0.1, 0.15) is 101 Å². The Bertz CT molecular complexity index is 3320. The van der Waals surface area contributed by atoms with Crippen molar-refractivity contribution in [3.8, 4) is 39.1 Å². The Balaban J connectivity index is 1.27. The van der Waals surface area contributed by atoms with Gasteiger partial charge in [0.1, 0.15) is 0 Å². The minimum Gasteiger partial charge on any atom is -0.310 e. The van der Waals surface area contributed by atoms with Crippen LogP contribution in [0.25, 0.3) is 60.9 Å². The molecule has 12 rings (SSSR count). The zero-order valence-electron chi connectivity index (χ0n) is 38.0. The van der Waals surface area contributed by atoms with E-state index < -0.39 is 0 Å². The number of nitrogens with zero attached hydrogens (tertiary/aromatic N) is 2. The minimum atomic E-state index is -0.298. The van der Waals surface area contributed by atoms with E-state index in [1.807, 2.05) is 0 Å². The van der Waals surface area contributed by atoms with E-state index in [-0.39, 0.29) is 21.7 Å². The predicted molar refractivity (Wildman–Crippen MR) is 267 cm³/mol. The van der Waals surface area contributed by atoms with E-state index in [1.165, 1.54) is 106 Å². The topological polar surface area (TPSA) is 8.17 Å². The Hall–Kier alpha value is -6.64. The molecule has 0 bridgehead atoms. The van der Waals surface area contributed by atoms with Gasteiger partial charge in [-0.3, -0.25) is 0 Å². The molecule has 0 unspecified atom stereocenters. The highest BCUT2D eigenvalue weighted by Gasteiger charge is 2.50. The molecule has 0 N–H and O–H groups in total. The first-order valence-electron chi connectivity index (χ1n) is 22.8. The number of rotatable bonds is 4. The van der Waals surface area contributed by atoms with Gasteiger partial charge in [-0.15, -0.1) is 0 Å². The lowest BCUT2D eigenvalue weighted by Gasteiger charge is -2.39. The molecular formula is C61H54N2. The molecule has 1 aromatic heterocycles. The van der Waals surface area contributed by atoms with E-state index in [2.05, 4.69) is 236 Å². The standard InChI is InChI=1S/C61H54N2/c1-58(2,3)54-52-43-25-14-18-28-47(43)60(6,7)55(52)57(56-53(54)44-26-15-19-29-48(44)61(56,8)9)62(38-32-34-49-45(35-38)40-23-13-17-27-46(40)59(49,4)5)39-31-33-42-41-24-16-20-30-50(41)63(51(42)36-39)37-21-11-10-12-22-37/h10-36H,1-9H3. The van der Waals surface area contributed by atoms with Crippen molar-refractivity contribution >= 4 is 38.9 Å². The Morgan fingerprint density at radius 3 is 1.51 bits per heavy atom. The summed E-state index contributed by atoms with van der Waals surface area (Å²) in [5, 5.41) is 2.51. The van der Waals surface area contributed by atoms with Crippen molar-refractivity contribution < 1.29 is 0 Å². The molecule has 0 fully saturated rings. The highest BCUT2D eigenvalue weighted by atomic mass is 15.2. The monoisotopic (exact) mass is 814 g/mol. The lowest BCUT2D eigenvalue weighted by molar-refractivity contribution is 0.587. The summed E-state index contributed by atoms with van der Waals surface area (Å²) in [5.41, 5.74) is 24.4. The highest BCUT2D eigenvalue weighted by Crippen LogP contribution is 2.66. The van der Waals surface area contributed by atoms with Crippen molar-refractivity contribution in [2.75, 3.05) is 4.90 Å². The summed E-state index contributed by atoms with van der Waals surface area (Å²) in [5.74, 6) is 0. The van der Waals surface area contributed by atoms with Gasteiger partial charge >= 0.3 is 0 Å². The number of anilines is 3. The van der Waals surface area contributed by atoms with Gasteiger partial charge in [0.15, 0.2) is 0 Å². The van der Waals surface area contributed by atoms with Crippen LogP contribution >= 0.6 is 0 Å². The van der Waals surface area contributed by atoms with Gasteiger partial charge in [0.05, 0.1) is 16.7 Å². The summed E-state index contributed by atoms with van der Waals surface area (Å²) in [4.78, 5) is 2.69. The predicted octanol–water partition coefficient (Wildman–Crippen LogP) is 16.5. The molecule has 0 atom stereocenters. The molecule has 0 radical (unpaired) electrons. The molecule has 63 heavy (non-hydrogen) atoms. The largest absolute Gasteiger partial charge is 0.310 e. The maximum atomic E-state index is 2.69. The fourth-order valence-electron chi connectivity index (χ4n) is 12.4. The third-order valence-corrected chi connectivity index (χ3v) is 15.2. The summed E-state index contributed by atoms with van der Waals surface area (Å²) < 4.78 is 2.46. The first-order valence-corrected chi connectivity index (χ1v) is 22.8.